The molecule has 9 atom stereocenters. The standard InChI is InChI=1S/C29H48O/c1-7-21(19(2)3)9-8-20(4)25-12-13-26-24-11-10-22-18-23(30)14-16-28(22,5)27(24)15-17-29(25,26)6/h8-10,19-21,23-27,30H,7,11-18H2,1-6H3/b9-8+/t20-,21+,23-,24-,25+,26+,27-,28-,29+/m0/s1. The summed E-state index contributed by atoms with van der Waals surface area (Å²) in [4.78, 5) is 0. The lowest BCUT2D eigenvalue weighted by Gasteiger charge is -2.58. The van der Waals surface area contributed by atoms with Gasteiger partial charge in [0, 0.05) is 0 Å². The molecule has 1 nitrogen and oxygen atoms in total. The van der Waals surface area contributed by atoms with Crippen LogP contribution in [0.2, 0.25) is 0 Å². The molecule has 0 bridgehead atoms. The van der Waals surface area contributed by atoms with Crippen LogP contribution in [-0.2, 0) is 0 Å². The van der Waals surface area contributed by atoms with Crippen LogP contribution in [0.15, 0.2) is 23.8 Å². The summed E-state index contributed by atoms with van der Waals surface area (Å²) < 4.78 is 0. The summed E-state index contributed by atoms with van der Waals surface area (Å²) in [5.74, 6) is 5.70. The molecular formula is C29H48O. The molecule has 0 unspecified atom stereocenters. The first-order valence-electron chi connectivity index (χ1n) is 13.3. The molecule has 0 heterocycles. The van der Waals surface area contributed by atoms with Crippen molar-refractivity contribution in [1.82, 2.24) is 0 Å². The van der Waals surface area contributed by atoms with E-state index in [1.54, 1.807) is 5.57 Å². The number of aliphatic hydroxyl groups excluding tert-OH is 1. The third-order valence-electron chi connectivity index (χ3n) is 10.8. The summed E-state index contributed by atoms with van der Waals surface area (Å²) in [5, 5.41) is 10.2. The number of hydrogen-bond donors (Lipinski definition) is 1. The van der Waals surface area contributed by atoms with E-state index in [4.69, 9.17) is 0 Å². The highest BCUT2D eigenvalue weighted by Crippen LogP contribution is 2.67. The van der Waals surface area contributed by atoms with Crippen molar-refractivity contribution in [2.75, 3.05) is 0 Å². The fraction of sp³-hybridized carbons (Fsp3) is 0.862. The van der Waals surface area contributed by atoms with E-state index in [-0.39, 0.29) is 6.10 Å². The molecule has 4 rings (SSSR count). The van der Waals surface area contributed by atoms with E-state index in [0.717, 1.165) is 48.3 Å². The highest BCUT2D eigenvalue weighted by molar-refractivity contribution is 5.25. The van der Waals surface area contributed by atoms with Gasteiger partial charge in [-0.1, -0.05) is 65.3 Å². The van der Waals surface area contributed by atoms with Crippen molar-refractivity contribution in [2.24, 2.45) is 52.3 Å². The maximum absolute atomic E-state index is 10.2. The second-order valence-corrected chi connectivity index (χ2v) is 12.4. The Balaban J connectivity index is 1.52. The second-order valence-electron chi connectivity index (χ2n) is 12.4. The van der Waals surface area contributed by atoms with Gasteiger partial charge in [-0.3, -0.25) is 0 Å². The summed E-state index contributed by atoms with van der Waals surface area (Å²) in [6.07, 6.45) is 19.1. The van der Waals surface area contributed by atoms with Gasteiger partial charge < -0.3 is 5.11 Å². The van der Waals surface area contributed by atoms with Crippen LogP contribution in [0, 0.1) is 52.3 Å². The Hall–Kier alpha value is -0.560. The van der Waals surface area contributed by atoms with Gasteiger partial charge in [0.15, 0.2) is 0 Å². The van der Waals surface area contributed by atoms with Gasteiger partial charge in [0.1, 0.15) is 0 Å². The summed E-state index contributed by atoms with van der Waals surface area (Å²) in [7, 11) is 0. The van der Waals surface area contributed by atoms with Crippen LogP contribution in [0.1, 0.15) is 99.3 Å². The van der Waals surface area contributed by atoms with Crippen molar-refractivity contribution in [3.05, 3.63) is 23.8 Å². The summed E-state index contributed by atoms with van der Waals surface area (Å²) in [5.41, 5.74) is 2.51. The molecule has 3 fully saturated rings. The highest BCUT2D eigenvalue weighted by atomic mass is 16.3. The zero-order valence-electron chi connectivity index (χ0n) is 20.7. The zero-order chi connectivity index (χ0) is 21.7. The van der Waals surface area contributed by atoms with E-state index in [2.05, 4.69) is 59.8 Å². The Labute approximate surface area is 186 Å². The van der Waals surface area contributed by atoms with E-state index in [1.165, 1.54) is 44.9 Å². The smallest absolute Gasteiger partial charge is 0.0577 e. The van der Waals surface area contributed by atoms with Crippen molar-refractivity contribution in [1.29, 1.82) is 0 Å². The first kappa shape index (κ1) is 22.6. The minimum Gasteiger partial charge on any atom is -0.393 e. The van der Waals surface area contributed by atoms with Crippen LogP contribution >= 0.6 is 0 Å². The quantitative estimate of drug-likeness (QED) is 0.457. The highest BCUT2D eigenvalue weighted by Gasteiger charge is 2.58. The maximum Gasteiger partial charge on any atom is 0.0577 e. The molecule has 30 heavy (non-hydrogen) atoms. The number of aliphatic hydroxyl groups is 1. The van der Waals surface area contributed by atoms with Gasteiger partial charge in [-0.05, 0) is 110 Å². The lowest BCUT2D eigenvalue weighted by Crippen LogP contribution is -2.50. The summed E-state index contributed by atoms with van der Waals surface area (Å²) >= 11 is 0. The molecule has 0 amide bonds. The molecule has 0 saturated heterocycles. The molecule has 0 radical (unpaired) electrons. The van der Waals surface area contributed by atoms with Crippen molar-refractivity contribution in [2.45, 2.75) is 105 Å². The molecule has 0 aromatic heterocycles. The van der Waals surface area contributed by atoms with Gasteiger partial charge in [0.25, 0.3) is 0 Å². The average Bonchev–Trinajstić information content (AvgIpc) is 3.06. The van der Waals surface area contributed by atoms with Crippen LogP contribution in [-0.4, -0.2) is 11.2 Å². The summed E-state index contributed by atoms with van der Waals surface area (Å²) in [6, 6.07) is 0. The minimum atomic E-state index is -0.0870. The monoisotopic (exact) mass is 412 g/mol. The molecule has 4 aliphatic carbocycles. The van der Waals surface area contributed by atoms with Crippen molar-refractivity contribution >= 4 is 0 Å². The molecular weight excluding hydrogens is 364 g/mol. The number of fused-ring (bicyclic) bond motifs is 5. The van der Waals surface area contributed by atoms with Crippen LogP contribution < -0.4 is 0 Å². The van der Waals surface area contributed by atoms with Crippen LogP contribution in [0.3, 0.4) is 0 Å². The third-order valence-corrected chi connectivity index (χ3v) is 10.8. The fourth-order valence-electron chi connectivity index (χ4n) is 8.83. The topological polar surface area (TPSA) is 20.2 Å². The van der Waals surface area contributed by atoms with Crippen molar-refractivity contribution < 1.29 is 5.11 Å². The van der Waals surface area contributed by atoms with Crippen LogP contribution in [0.4, 0.5) is 0 Å². The van der Waals surface area contributed by atoms with Gasteiger partial charge in [0.2, 0.25) is 0 Å². The maximum atomic E-state index is 10.2. The van der Waals surface area contributed by atoms with Crippen LogP contribution in [0.5, 0.6) is 0 Å². The zero-order valence-corrected chi connectivity index (χ0v) is 20.7. The van der Waals surface area contributed by atoms with Crippen molar-refractivity contribution in [3.63, 3.8) is 0 Å². The minimum absolute atomic E-state index is 0.0870. The Morgan fingerprint density at radius 3 is 2.50 bits per heavy atom. The normalized spacial score (nSPS) is 45.6. The molecule has 0 aromatic carbocycles. The van der Waals surface area contributed by atoms with E-state index in [0.29, 0.717) is 16.7 Å². The molecule has 0 aromatic rings. The average molecular weight is 413 g/mol. The second kappa shape index (κ2) is 8.42. The lowest BCUT2D eigenvalue weighted by molar-refractivity contribution is -0.0540. The molecule has 1 heteroatoms. The predicted octanol–water partition coefficient (Wildman–Crippen LogP) is 7.80. The van der Waals surface area contributed by atoms with Gasteiger partial charge in [-0.15, -0.1) is 0 Å². The molecule has 170 valence electrons. The number of hydrogen-bond acceptors (Lipinski definition) is 1. The Kier molecular flexibility index (Phi) is 6.35. The molecule has 0 spiro atoms. The Morgan fingerprint density at radius 2 is 1.80 bits per heavy atom. The van der Waals surface area contributed by atoms with Gasteiger partial charge in [0.05, 0.1) is 6.10 Å². The van der Waals surface area contributed by atoms with Gasteiger partial charge >= 0.3 is 0 Å². The van der Waals surface area contributed by atoms with Gasteiger partial charge in [-0.25, -0.2) is 0 Å². The lowest BCUT2D eigenvalue weighted by atomic mass is 9.47. The van der Waals surface area contributed by atoms with Crippen molar-refractivity contribution in [3.8, 4) is 0 Å². The molecule has 4 aliphatic rings. The molecule has 3 saturated carbocycles. The summed E-state index contributed by atoms with van der Waals surface area (Å²) in [6.45, 7) is 14.8. The largest absolute Gasteiger partial charge is 0.393 e. The fourth-order valence-corrected chi connectivity index (χ4v) is 8.83. The first-order valence-corrected chi connectivity index (χ1v) is 13.3. The van der Waals surface area contributed by atoms with Gasteiger partial charge in [-0.2, -0.15) is 0 Å². The van der Waals surface area contributed by atoms with E-state index in [1.807, 2.05) is 0 Å². The van der Waals surface area contributed by atoms with E-state index in [9.17, 15) is 5.11 Å². The molecule has 0 aliphatic heterocycles. The number of allylic oxidation sites excluding steroid dienone is 3. The van der Waals surface area contributed by atoms with Crippen LogP contribution in [0.25, 0.3) is 0 Å². The van der Waals surface area contributed by atoms with E-state index < -0.39 is 0 Å². The molecule has 1 N–H and O–H groups in total. The number of rotatable bonds is 5. The SMILES string of the molecule is CC[C@H](/C=C/[C@H](C)[C@H]1CC[C@@H]2[C@@H]3CC=C4C[C@@H](O)CC[C@]4(C)[C@H]3CC[C@@]21C)C(C)C. The predicted molar refractivity (Wildman–Crippen MR) is 128 cm³/mol. The van der Waals surface area contributed by atoms with E-state index >= 15 is 0 Å². The first-order chi connectivity index (χ1) is 14.2. The third kappa shape index (κ3) is 3.66. The Bertz CT molecular complexity index is 674. The Morgan fingerprint density at radius 1 is 1.03 bits per heavy atom.